The molecule has 14 heteroatoms. The predicted molar refractivity (Wildman–Crippen MR) is 309 cm³/mol. The maximum absolute atomic E-state index is 13.2. The molecule has 0 spiro atoms. The number of carbonyl (C=O) groups excluding carboxylic acids is 1. The van der Waals surface area contributed by atoms with Crippen molar-refractivity contribution in [1.82, 2.24) is 5.32 Å². The molecule has 77 heavy (non-hydrogen) atoms. The Kier molecular flexibility index (Phi) is 43.7. The lowest BCUT2D eigenvalue weighted by atomic mass is 9.97. The van der Waals surface area contributed by atoms with Crippen LogP contribution < -0.4 is 5.32 Å². The molecule has 1 amide bonds. The van der Waals surface area contributed by atoms with Crippen molar-refractivity contribution in [1.29, 1.82) is 0 Å². The number of allylic oxidation sites excluding steroid dienone is 13. The molecule has 0 aromatic rings. The number of aliphatic hydroxyl groups is 8. The van der Waals surface area contributed by atoms with Crippen LogP contribution in [0.1, 0.15) is 213 Å². The largest absolute Gasteiger partial charge is 0.394 e. The van der Waals surface area contributed by atoms with E-state index >= 15 is 0 Å². The topological polar surface area (TPSA) is 228 Å². The lowest BCUT2D eigenvalue weighted by molar-refractivity contribution is -0.359. The van der Waals surface area contributed by atoms with Gasteiger partial charge < -0.3 is 65.1 Å². The number of ether oxygens (including phenoxy) is 4. The molecule has 2 heterocycles. The molecule has 12 unspecified atom stereocenters. The van der Waals surface area contributed by atoms with Crippen molar-refractivity contribution in [3.63, 3.8) is 0 Å². The third-order valence-electron chi connectivity index (χ3n) is 14.3. The zero-order chi connectivity index (χ0) is 56.0. The highest BCUT2D eigenvalue weighted by molar-refractivity contribution is 5.76. The van der Waals surface area contributed by atoms with E-state index in [0.29, 0.717) is 12.8 Å². The Morgan fingerprint density at radius 1 is 0.481 bits per heavy atom. The van der Waals surface area contributed by atoms with Gasteiger partial charge in [-0.05, 0) is 70.6 Å². The van der Waals surface area contributed by atoms with Crippen molar-refractivity contribution < 1.29 is 64.6 Å². The van der Waals surface area contributed by atoms with Crippen molar-refractivity contribution in [3.05, 3.63) is 85.1 Å². The van der Waals surface area contributed by atoms with Crippen molar-refractivity contribution in [3.8, 4) is 0 Å². The summed E-state index contributed by atoms with van der Waals surface area (Å²) in [6.07, 6.45) is 48.3. The quantitative estimate of drug-likeness (QED) is 0.0204. The summed E-state index contributed by atoms with van der Waals surface area (Å²) in [5, 5.41) is 86.7. The van der Waals surface area contributed by atoms with Gasteiger partial charge in [0.05, 0.1) is 32.0 Å². The SMILES string of the molecule is CC/C=C\C/C=C\C/C=C\C/C=C\C/C=C\CCCCCCCCCCCCCCCCCCCCCC(=O)NC(COC1OC(CO)C(OC2OC(CO)C(O)C(O)C2O)C(O)C1O)C(O)/C=C/CC/C=C/CCCC. The number of carbonyl (C=O) groups is 1. The van der Waals surface area contributed by atoms with Crippen LogP contribution in [-0.4, -0.2) is 140 Å². The molecule has 0 saturated carbocycles. The summed E-state index contributed by atoms with van der Waals surface area (Å²) in [7, 11) is 0. The fourth-order valence-corrected chi connectivity index (χ4v) is 9.44. The Balaban J connectivity index is 1.57. The third-order valence-corrected chi connectivity index (χ3v) is 14.3. The molecule has 12 atom stereocenters. The van der Waals surface area contributed by atoms with Gasteiger partial charge in [-0.3, -0.25) is 4.79 Å². The van der Waals surface area contributed by atoms with E-state index in [1.54, 1.807) is 6.08 Å². The van der Waals surface area contributed by atoms with Crippen molar-refractivity contribution in [2.24, 2.45) is 0 Å². The van der Waals surface area contributed by atoms with E-state index in [1.165, 1.54) is 103 Å². The van der Waals surface area contributed by atoms with E-state index < -0.39 is 86.8 Å². The van der Waals surface area contributed by atoms with Crippen LogP contribution in [-0.2, 0) is 23.7 Å². The highest BCUT2D eigenvalue weighted by atomic mass is 16.7. The average molecular weight is 1090 g/mol. The Hall–Kier alpha value is -2.83. The van der Waals surface area contributed by atoms with Gasteiger partial charge in [-0.15, -0.1) is 0 Å². The van der Waals surface area contributed by atoms with Crippen LogP contribution in [0.15, 0.2) is 85.1 Å². The monoisotopic (exact) mass is 1090 g/mol. The van der Waals surface area contributed by atoms with Gasteiger partial charge in [0.2, 0.25) is 5.91 Å². The van der Waals surface area contributed by atoms with E-state index in [0.717, 1.165) is 77.0 Å². The summed E-state index contributed by atoms with van der Waals surface area (Å²) in [4.78, 5) is 13.2. The number of amides is 1. The zero-order valence-corrected chi connectivity index (χ0v) is 47.7. The molecule has 2 rings (SSSR count). The van der Waals surface area contributed by atoms with Crippen LogP contribution >= 0.6 is 0 Å². The van der Waals surface area contributed by atoms with Crippen LogP contribution in [0.4, 0.5) is 0 Å². The Morgan fingerprint density at radius 2 is 0.909 bits per heavy atom. The summed E-state index contributed by atoms with van der Waals surface area (Å²) < 4.78 is 22.7. The molecular weight excluding hydrogens is 979 g/mol. The van der Waals surface area contributed by atoms with Gasteiger partial charge in [0.25, 0.3) is 0 Å². The molecule has 2 aliphatic rings. The molecule has 2 fully saturated rings. The number of hydrogen-bond acceptors (Lipinski definition) is 13. The normalized spacial score (nSPS) is 25.3. The van der Waals surface area contributed by atoms with E-state index in [9.17, 15) is 45.6 Å². The Labute approximate surface area is 465 Å². The molecule has 9 N–H and O–H groups in total. The first-order valence-electron chi connectivity index (χ1n) is 30.3. The summed E-state index contributed by atoms with van der Waals surface area (Å²) >= 11 is 0. The lowest BCUT2D eigenvalue weighted by Gasteiger charge is -2.46. The smallest absolute Gasteiger partial charge is 0.220 e. The Bertz CT molecular complexity index is 1610. The molecule has 0 aliphatic carbocycles. The average Bonchev–Trinajstić information content (AvgIpc) is 3.44. The number of rotatable bonds is 47. The number of hydrogen-bond donors (Lipinski definition) is 9. The highest BCUT2D eigenvalue weighted by Crippen LogP contribution is 2.30. The van der Waals surface area contributed by atoms with Gasteiger partial charge in [0, 0.05) is 6.42 Å². The van der Waals surface area contributed by atoms with Gasteiger partial charge in [-0.1, -0.05) is 221 Å². The minimum absolute atomic E-state index is 0.254. The zero-order valence-electron chi connectivity index (χ0n) is 47.7. The van der Waals surface area contributed by atoms with Gasteiger partial charge in [-0.25, -0.2) is 0 Å². The molecule has 0 aromatic heterocycles. The minimum Gasteiger partial charge on any atom is -0.394 e. The summed E-state index contributed by atoms with van der Waals surface area (Å²) in [5.41, 5.74) is 0. The van der Waals surface area contributed by atoms with E-state index in [2.05, 4.69) is 92.1 Å². The molecule has 2 saturated heterocycles. The second-order valence-corrected chi connectivity index (χ2v) is 21.1. The van der Waals surface area contributed by atoms with Gasteiger partial charge in [0.15, 0.2) is 12.6 Å². The molecule has 0 bridgehead atoms. The van der Waals surface area contributed by atoms with E-state index in [-0.39, 0.29) is 18.9 Å². The van der Waals surface area contributed by atoms with Crippen LogP contribution in [0.3, 0.4) is 0 Å². The second kappa shape index (κ2) is 47.9. The molecule has 444 valence electrons. The summed E-state index contributed by atoms with van der Waals surface area (Å²) in [6, 6.07) is -0.931. The van der Waals surface area contributed by atoms with Crippen LogP contribution in [0.25, 0.3) is 0 Å². The fraction of sp³-hybridized carbons (Fsp3) is 0.762. The summed E-state index contributed by atoms with van der Waals surface area (Å²) in [5.74, 6) is -0.254. The molecule has 0 radical (unpaired) electrons. The minimum atomic E-state index is -1.79. The molecular formula is C63H109NO13. The maximum atomic E-state index is 13.2. The van der Waals surface area contributed by atoms with E-state index in [1.807, 2.05) is 6.08 Å². The predicted octanol–water partition coefficient (Wildman–Crippen LogP) is 10.5. The number of nitrogens with one attached hydrogen (secondary N) is 1. The van der Waals surface area contributed by atoms with Crippen molar-refractivity contribution in [2.45, 2.75) is 286 Å². The maximum Gasteiger partial charge on any atom is 0.220 e. The van der Waals surface area contributed by atoms with Gasteiger partial charge >= 0.3 is 0 Å². The number of aliphatic hydroxyl groups excluding tert-OH is 8. The lowest BCUT2D eigenvalue weighted by Crippen LogP contribution is -2.65. The molecule has 0 aromatic carbocycles. The Morgan fingerprint density at radius 3 is 1.43 bits per heavy atom. The summed E-state index contributed by atoms with van der Waals surface area (Å²) in [6.45, 7) is 2.57. The van der Waals surface area contributed by atoms with E-state index in [4.69, 9.17) is 18.9 Å². The van der Waals surface area contributed by atoms with Crippen LogP contribution in [0.5, 0.6) is 0 Å². The number of unbranched alkanes of at least 4 members (excludes halogenated alkanes) is 22. The molecule has 14 nitrogen and oxygen atoms in total. The third kappa shape index (κ3) is 33.5. The van der Waals surface area contributed by atoms with Crippen LogP contribution in [0.2, 0.25) is 0 Å². The first-order valence-corrected chi connectivity index (χ1v) is 30.3. The second-order valence-electron chi connectivity index (χ2n) is 21.1. The van der Waals surface area contributed by atoms with Crippen LogP contribution in [0, 0.1) is 0 Å². The van der Waals surface area contributed by atoms with Crippen molar-refractivity contribution in [2.75, 3.05) is 19.8 Å². The van der Waals surface area contributed by atoms with Gasteiger partial charge in [-0.2, -0.15) is 0 Å². The fourth-order valence-electron chi connectivity index (χ4n) is 9.44. The molecule has 2 aliphatic heterocycles. The highest BCUT2D eigenvalue weighted by Gasteiger charge is 2.51. The first-order chi connectivity index (χ1) is 37.6. The first kappa shape index (κ1) is 70.3. The standard InChI is InChI=1S/C63H109NO13/c1-3-5-7-9-11-13-14-15-16-17-18-19-20-21-22-23-24-25-26-27-28-29-30-31-32-33-34-35-36-37-38-39-41-43-45-47-55(68)64-51(52(67)46-44-42-40-12-10-8-6-4-2)50-74-62-60(73)58(71)61(54(49-66)76-62)77-63-59(72)57(70)56(69)53(48-65)75-63/h5,7,10-13,15-16,18-19,21-22,44,46,51-54,56-63,65-67,69-73H,3-4,6,8-9,14,17,20,23-43,45,47-50H2,1-2H3,(H,64,68)/b7-5-,12-10+,13-11-,16-15-,19-18-,22-21-,46-44+. The van der Waals surface area contributed by atoms with Crippen molar-refractivity contribution >= 4 is 5.91 Å². The van der Waals surface area contributed by atoms with Gasteiger partial charge in [0.1, 0.15) is 48.8 Å².